The molecular weight excluding hydrogens is 234 g/mol. The minimum atomic E-state index is -0.774. The molecule has 6 nitrogen and oxygen atoms in total. The average molecular weight is 251 g/mol. The van der Waals surface area contributed by atoms with Crippen molar-refractivity contribution in [2.24, 2.45) is 0 Å². The van der Waals surface area contributed by atoms with Gasteiger partial charge in [0.15, 0.2) is 0 Å². The predicted molar refractivity (Wildman–Crippen MR) is 62.4 cm³/mol. The van der Waals surface area contributed by atoms with E-state index in [0.29, 0.717) is 12.3 Å². The number of carboxylic acids is 1. The average Bonchev–Trinajstić information content (AvgIpc) is 2.83. The summed E-state index contributed by atoms with van der Waals surface area (Å²) >= 11 is 0. The van der Waals surface area contributed by atoms with E-state index in [-0.39, 0.29) is 0 Å². The quantitative estimate of drug-likeness (QED) is 0.852. The number of hydrogen-bond donors (Lipinski definition) is 1. The molecule has 1 atom stereocenters. The number of rotatable bonds is 2. The molecule has 0 saturated carbocycles. The lowest BCUT2D eigenvalue weighted by Crippen LogP contribution is -2.28. The summed E-state index contributed by atoms with van der Waals surface area (Å²) < 4.78 is 7.21. The highest BCUT2D eigenvalue weighted by molar-refractivity contribution is 5.72. The molecule has 0 radical (unpaired) electrons. The van der Waals surface area contributed by atoms with Crippen molar-refractivity contribution < 1.29 is 14.6 Å². The van der Waals surface area contributed by atoms with Gasteiger partial charge in [-0.15, -0.1) is 10.2 Å². The molecule has 0 amide bonds. The Balaban J connectivity index is 1.96. The Hall–Kier alpha value is -1.43. The highest BCUT2D eigenvalue weighted by Crippen LogP contribution is 2.32. The number of aryl methyl sites for hydroxylation is 1. The Morgan fingerprint density at radius 1 is 1.28 bits per heavy atom. The lowest BCUT2D eigenvalue weighted by atomic mass is 9.97. The number of ether oxygens (including phenoxy) is 1. The Labute approximate surface area is 105 Å². The minimum Gasteiger partial charge on any atom is -0.480 e. The fourth-order valence-electron chi connectivity index (χ4n) is 2.90. The molecule has 3 rings (SSSR count). The maximum absolute atomic E-state index is 11.3. The molecule has 0 spiro atoms. The summed E-state index contributed by atoms with van der Waals surface area (Å²) in [5.41, 5.74) is 0. The largest absolute Gasteiger partial charge is 0.480 e. The first-order valence-corrected chi connectivity index (χ1v) is 6.51. The SMILES string of the molecule is O=C(O)C1CCCc2nnc(C3CCOCC3)n21. The first kappa shape index (κ1) is 11.6. The molecule has 2 aliphatic heterocycles. The van der Waals surface area contributed by atoms with E-state index in [4.69, 9.17) is 4.74 Å². The van der Waals surface area contributed by atoms with Crippen LogP contribution in [0.25, 0.3) is 0 Å². The van der Waals surface area contributed by atoms with Gasteiger partial charge in [0.1, 0.15) is 17.7 Å². The van der Waals surface area contributed by atoms with Crippen LogP contribution in [0.4, 0.5) is 0 Å². The van der Waals surface area contributed by atoms with Crippen molar-refractivity contribution in [2.75, 3.05) is 13.2 Å². The summed E-state index contributed by atoms with van der Waals surface area (Å²) in [6.45, 7) is 1.45. The highest BCUT2D eigenvalue weighted by Gasteiger charge is 2.32. The third kappa shape index (κ3) is 1.90. The van der Waals surface area contributed by atoms with Gasteiger partial charge >= 0.3 is 5.97 Å². The molecule has 1 saturated heterocycles. The van der Waals surface area contributed by atoms with E-state index in [9.17, 15) is 9.90 Å². The Kier molecular flexibility index (Phi) is 3.03. The number of carbonyl (C=O) groups is 1. The van der Waals surface area contributed by atoms with Crippen LogP contribution in [0.5, 0.6) is 0 Å². The van der Waals surface area contributed by atoms with Crippen LogP contribution in [0.2, 0.25) is 0 Å². The first-order valence-electron chi connectivity index (χ1n) is 6.51. The van der Waals surface area contributed by atoms with Gasteiger partial charge in [-0.1, -0.05) is 0 Å². The molecule has 3 heterocycles. The number of aliphatic carboxylic acids is 1. The van der Waals surface area contributed by atoms with Crippen LogP contribution in [-0.2, 0) is 16.0 Å². The van der Waals surface area contributed by atoms with E-state index in [1.165, 1.54) is 0 Å². The Morgan fingerprint density at radius 3 is 2.78 bits per heavy atom. The lowest BCUT2D eigenvalue weighted by Gasteiger charge is -2.27. The van der Waals surface area contributed by atoms with Crippen LogP contribution in [0, 0.1) is 0 Å². The van der Waals surface area contributed by atoms with E-state index < -0.39 is 12.0 Å². The van der Waals surface area contributed by atoms with Crippen molar-refractivity contribution in [1.82, 2.24) is 14.8 Å². The fourth-order valence-corrected chi connectivity index (χ4v) is 2.90. The Morgan fingerprint density at radius 2 is 2.06 bits per heavy atom. The van der Waals surface area contributed by atoms with Crippen molar-refractivity contribution in [3.8, 4) is 0 Å². The monoisotopic (exact) mass is 251 g/mol. The zero-order valence-electron chi connectivity index (χ0n) is 10.2. The summed E-state index contributed by atoms with van der Waals surface area (Å²) in [5, 5.41) is 17.7. The molecular formula is C12H17N3O3. The molecule has 1 N–H and O–H groups in total. The van der Waals surface area contributed by atoms with Gasteiger partial charge in [0.25, 0.3) is 0 Å². The van der Waals surface area contributed by atoms with Gasteiger partial charge in [-0.05, 0) is 25.7 Å². The van der Waals surface area contributed by atoms with Crippen LogP contribution >= 0.6 is 0 Å². The van der Waals surface area contributed by atoms with Crippen LogP contribution in [0.15, 0.2) is 0 Å². The van der Waals surface area contributed by atoms with Crippen LogP contribution in [0.3, 0.4) is 0 Å². The molecule has 1 aromatic heterocycles. The zero-order chi connectivity index (χ0) is 12.5. The molecule has 0 aliphatic carbocycles. The van der Waals surface area contributed by atoms with Gasteiger partial charge in [-0.3, -0.25) is 0 Å². The van der Waals surface area contributed by atoms with Gasteiger partial charge in [-0.25, -0.2) is 4.79 Å². The van der Waals surface area contributed by atoms with Gasteiger partial charge in [0.2, 0.25) is 0 Å². The van der Waals surface area contributed by atoms with E-state index in [1.54, 1.807) is 0 Å². The van der Waals surface area contributed by atoms with E-state index in [2.05, 4.69) is 10.2 Å². The summed E-state index contributed by atoms with van der Waals surface area (Å²) in [7, 11) is 0. The molecule has 1 aromatic rings. The molecule has 0 aromatic carbocycles. The third-order valence-corrected chi connectivity index (χ3v) is 3.85. The van der Waals surface area contributed by atoms with Gasteiger partial charge < -0.3 is 14.4 Å². The lowest BCUT2D eigenvalue weighted by molar-refractivity contribution is -0.141. The van der Waals surface area contributed by atoms with Gasteiger partial charge in [0, 0.05) is 25.6 Å². The number of nitrogens with zero attached hydrogens (tertiary/aromatic N) is 3. The van der Waals surface area contributed by atoms with Crippen molar-refractivity contribution >= 4 is 5.97 Å². The number of carboxylic acid groups (broad SMARTS) is 1. The smallest absolute Gasteiger partial charge is 0.326 e. The second-order valence-electron chi connectivity index (χ2n) is 4.98. The minimum absolute atomic E-state index is 0.292. The van der Waals surface area contributed by atoms with E-state index in [0.717, 1.165) is 50.5 Å². The molecule has 1 unspecified atom stereocenters. The summed E-state index contributed by atoms with van der Waals surface area (Å²) in [4.78, 5) is 11.3. The second-order valence-corrected chi connectivity index (χ2v) is 4.98. The van der Waals surface area contributed by atoms with Crippen LogP contribution in [0.1, 0.15) is 49.3 Å². The first-order chi connectivity index (χ1) is 8.77. The molecule has 1 fully saturated rings. The van der Waals surface area contributed by atoms with Crippen molar-refractivity contribution in [3.63, 3.8) is 0 Å². The predicted octanol–water partition coefficient (Wildman–Crippen LogP) is 1.13. The van der Waals surface area contributed by atoms with Crippen LogP contribution in [-0.4, -0.2) is 39.1 Å². The van der Waals surface area contributed by atoms with Crippen molar-refractivity contribution in [3.05, 3.63) is 11.6 Å². The van der Waals surface area contributed by atoms with Crippen molar-refractivity contribution in [2.45, 2.75) is 44.1 Å². The number of aromatic nitrogens is 3. The Bertz CT molecular complexity index is 451. The third-order valence-electron chi connectivity index (χ3n) is 3.85. The zero-order valence-corrected chi connectivity index (χ0v) is 10.2. The molecule has 0 bridgehead atoms. The van der Waals surface area contributed by atoms with Crippen molar-refractivity contribution in [1.29, 1.82) is 0 Å². The fraction of sp³-hybridized carbons (Fsp3) is 0.750. The van der Waals surface area contributed by atoms with Gasteiger partial charge in [-0.2, -0.15) is 0 Å². The normalized spacial score (nSPS) is 24.8. The second kappa shape index (κ2) is 4.68. The van der Waals surface area contributed by atoms with Crippen LogP contribution < -0.4 is 0 Å². The topological polar surface area (TPSA) is 77.2 Å². The standard InChI is InChI=1S/C12H17N3O3/c16-12(17)9-2-1-3-10-13-14-11(15(9)10)8-4-6-18-7-5-8/h8-9H,1-7H2,(H,16,17). The summed E-state index contributed by atoms with van der Waals surface area (Å²) in [5.74, 6) is 1.19. The molecule has 18 heavy (non-hydrogen) atoms. The number of fused-ring (bicyclic) bond motifs is 1. The maximum Gasteiger partial charge on any atom is 0.326 e. The van der Waals surface area contributed by atoms with Gasteiger partial charge in [0.05, 0.1) is 0 Å². The van der Waals surface area contributed by atoms with E-state index in [1.807, 2.05) is 4.57 Å². The van der Waals surface area contributed by atoms with E-state index >= 15 is 0 Å². The summed E-state index contributed by atoms with van der Waals surface area (Å²) in [6.07, 6.45) is 4.20. The molecule has 98 valence electrons. The maximum atomic E-state index is 11.3. The molecule has 2 aliphatic rings. The molecule has 6 heteroatoms. The highest BCUT2D eigenvalue weighted by atomic mass is 16.5. The number of hydrogen-bond acceptors (Lipinski definition) is 4. The summed E-state index contributed by atoms with van der Waals surface area (Å²) in [6, 6.07) is -0.485.